The minimum atomic E-state index is 0.409. The van der Waals surface area contributed by atoms with Crippen LogP contribution in [0.3, 0.4) is 0 Å². The third-order valence-electron chi connectivity index (χ3n) is 6.20. The molecule has 27 heavy (non-hydrogen) atoms. The van der Waals surface area contributed by atoms with E-state index in [0.29, 0.717) is 6.04 Å². The molecule has 1 aliphatic heterocycles. The van der Waals surface area contributed by atoms with Crippen molar-refractivity contribution in [3.05, 3.63) is 92.2 Å². The van der Waals surface area contributed by atoms with Crippen molar-refractivity contribution >= 4 is 11.3 Å². The lowest BCUT2D eigenvalue weighted by molar-refractivity contribution is 0.207. The van der Waals surface area contributed by atoms with E-state index in [1.54, 1.807) is 20.9 Å². The highest BCUT2D eigenvalue weighted by Crippen LogP contribution is 2.45. The molecule has 0 saturated carbocycles. The summed E-state index contributed by atoms with van der Waals surface area (Å²) < 4.78 is 0. The standard InChI is InChI=1S/C25H27NS/c1-18-11-13-19(14-12-18)17-26-16-15-22-21-9-5-6-10-23(21)27-25(22)24(26)20-7-3-2-4-8-20/h2-4,7-8,11-14,24H,5-6,9-10,15-17H2,1H3. The summed E-state index contributed by atoms with van der Waals surface area (Å²) in [5.41, 5.74) is 7.63. The number of benzene rings is 2. The van der Waals surface area contributed by atoms with Crippen LogP contribution in [0.15, 0.2) is 54.6 Å². The average molecular weight is 374 g/mol. The fourth-order valence-electron chi connectivity index (χ4n) is 4.79. The molecule has 1 nitrogen and oxygen atoms in total. The Kier molecular flexibility index (Phi) is 4.63. The summed E-state index contributed by atoms with van der Waals surface area (Å²) in [6.45, 7) is 4.35. The number of aryl methyl sites for hydroxylation is 2. The van der Waals surface area contributed by atoms with Crippen LogP contribution >= 0.6 is 11.3 Å². The lowest BCUT2D eigenvalue weighted by Crippen LogP contribution is -2.35. The largest absolute Gasteiger partial charge is 0.287 e. The minimum absolute atomic E-state index is 0.409. The number of thiophene rings is 1. The van der Waals surface area contributed by atoms with Crippen LogP contribution in [0.2, 0.25) is 0 Å². The second kappa shape index (κ2) is 7.26. The van der Waals surface area contributed by atoms with Crippen LogP contribution in [0.1, 0.15) is 56.5 Å². The predicted octanol–water partition coefficient (Wildman–Crippen LogP) is 6.08. The molecule has 2 heterocycles. The van der Waals surface area contributed by atoms with Crippen molar-refractivity contribution < 1.29 is 0 Å². The lowest BCUT2D eigenvalue weighted by atomic mass is 9.88. The Balaban J connectivity index is 1.55. The van der Waals surface area contributed by atoms with E-state index in [2.05, 4.69) is 77.8 Å². The highest BCUT2D eigenvalue weighted by molar-refractivity contribution is 7.12. The van der Waals surface area contributed by atoms with Gasteiger partial charge in [-0.05, 0) is 61.3 Å². The van der Waals surface area contributed by atoms with E-state index < -0.39 is 0 Å². The topological polar surface area (TPSA) is 3.24 Å². The Labute approximate surface area is 166 Å². The number of fused-ring (bicyclic) bond motifs is 3. The lowest BCUT2D eigenvalue weighted by Gasteiger charge is -2.36. The van der Waals surface area contributed by atoms with E-state index >= 15 is 0 Å². The summed E-state index contributed by atoms with van der Waals surface area (Å²) in [6.07, 6.45) is 6.57. The molecule has 3 aromatic rings. The van der Waals surface area contributed by atoms with Crippen molar-refractivity contribution in [1.82, 2.24) is 4.90 Å². The van der Waals surface area contributed by atoms with Crippen LogP contribution in [-0.2, 0) is 25.8 Å². The second-order valence-corrected chi connectivity index (χ2v) is 9.21. The maximum Gasteiger partial charge on any atom is 0.0702 e. The summed E-state index contributed by atoms with van der Waals surface area (Å²) in [6, 6.07) is 20.7. The van der Waals surface area contributed by atoms with Crippen LogP contribution in [-0.4, -0.2) is 11.4 Å². The molecule has 1 atom stereocenters. The average Bonchev–Trinajstić information content (AvgIpc) is 3.09. The Bertz CT molecular complexity index is 923. The van der Waals surface area contributed by atoms with E-state index in [9.17, 15) is 0 Å². The van der Waals surface area contributed by atoms with Gasteiger partial charge in [0.05, 0.1) is 6.04 Å². The SMILES string of the molecule is Cc1ccc(CN2CCc3c(sc4c3CCCC4)C2c2ccccc2)cc1. The Hall–Kier alpha value is -1.90. The molecule has 0 fully saturated rings. The first-order valence-corrected chi connectivity index (χ1v) is 11.1. The number of hydrogen-bond donors (Lipinski definition) is 0. The minimum Gasteiger partial charge on any atom is -0.287 e. The van der Waals surface area contributed by atoms with Gasteiger partial charge in [0, 0.05) is 22.8 Å². The molecular formula is C25H27NS. The smallest absolute Gasteiger partial charge is 0.0702 e. The van der Waals surface area contributed by atoms with Gasteiger partial charge in [-0.25, -0.2) is 0 Å². The summed E-state index contributed by atoms with van der Waals surface area (Å²) in [7, 11) is 0. The van der Waals surface area contributed by atoms with Gasteiger partial charge < -0.3 is 0 Å². The van der Waals surface area contributed by atoms with Crippen LogP contribution in [0.25, 0.3) is 0 Å². The predicted molar refractivity (Wildman–Crippen MR) is 115 cm³/mol. The first kappa shape index (κ1) is 17.2. The first-order chi connectivity index (χ1) is 13.3. The van der Waals surface area contributed by atoms with Crippen LogP contribution in [0.5, 0.6) is 0 Å². The van der Waals surface area contributed by atoms with Crippen molar-refractivity contribution in [3.63, 3.8) is 0 Å². The zero-order valence-corrected chi connectivity index (χ0v) is 16.9. The molecule has 1 aliphatic carbocycles. The zero-order chi connectivity index (χ0) is 18.2. The van der Waals surface area contributed by atoms with Gasteiger partial charge in [-0.2, -0.15) is 0 Å². The van der Waals surface area contributed by atoms with Gasteiger partial charge in [0.25, 0.3) is 0 Å². The summed E-state index contributed by atoms with van der Waals surface area (Å²) >= 11 is 2.12. The van der Waals surface area contributed by atoms with E-state index in [-0.39, 0.29) is 0 Å². The quantitative estimate of drug-likeness (QED) is 0.537. The molecule has 0 amide bonds. The molecule has 1 unspecified atom stereocenters. The Morgan fingerprint density at radius 3 is 2.48 bits per heavy atom. The maximum atomic E-state index is 2.70. The monoisotopic (exact) mass is 373 g/mol. The summed E-state index contributed by atoms with van der Waals surface area (Å²) in [5.74, 6) is 0. The Morgan fingerprint density at radius 2 is 1.67 bits per heavy atom. The van der Waals surface area contributed by atoms with E-state index in [4.69, 9.17) is 0 Å². The van der Waals surface area contributed by atoms with E-state index in [0.717, 1.165) is 13.1 Å². The van der Waals surface area contributed by atoms with Crippen molar-refractivity contribution in [3.8, 4) is 0 Å². The van der Waals surface area contributed by atoms with Crippen LogP contribution in [0.4, 0.5) is 0 Å². The van der Waals surface area contributed by atoms with Crippen molar-refractivity contribution in [1.29, 1.82) is 0 Å². The molecule has 5 rings (SSSR count). The normalized spacial score (nSPS) is 19.5. The Morgan fingerprint density at radius 1 is 0.889 bits per heavy atom. The van der Waals surface area contributed by atoms with Gasteiger partial charge in [-0.15, -0.1) is 11.3 Å². The molecule has 2 aromatic carbocycles. The van der Waals surface area contributed by atoms with Gasteiger partial charge in [-0.3, -0.25) is 4.90 Å². The highest BCUT2D eigenvalue weighted by atomic mass is 32.1. The molecule has 0 saturated heterocycles. The van der Waals surface area contributed by atoms with Crippen molar-refractivity contribution in [2.75, 3.05) is 6.54 Å². The van der Waals surface area contributed by atoms with Crippen LogP contribution in [0, 0.1) is 6.92 Å². The van der Waals surface area contributed by atoms with Gasteiger partial charge in [0.1, 0.15) is 0 Å². The molecule has 0 bridgehead atoms. The molecule has 2 aliphatic rings. The second-order valence-electron chi connectivity index (χ2n) is 8.07. The van der Waals surface area contributed by atoms with Gasteiger partial charge in [-0.1, -0.05) is 60.2 Å². The highest BCUT2D eigenvalue weighted by Gasteiger charge is 2.33. The molecule has 0 spiro atoms. The number of hydrogen-bond acceptors (Lipinski definition) is 2. The van der Waals surface area contributed by atoms with Crippen molar-refractivity contribution in [2.24, 2.45) is 0 Å². The maximum absolute atomic E-state index is 2.70. The molecule has 1 aromatic heterocycles. The van der Waals surface area contributed by atoms with E-state index in [1.807, 2.05) is 0 Å². The number of nitrogens with zero attached hydrogens (tertiary/aromatic N) is 1. The van der Waals surface area contributed by atoms with E-state index in [1.165, 1.54) is 48.8 Å². The third-order valence-corrected chi connectivity index (χ3v) is 7.58. The fourth-order valence-corrected chi connectivity index (χ4v) is 6.40. The zero-order valence-electron chi connectivity index (χ0n) is 16.1. The molecule has 138 valence electrons. The molecule has 0 N–H and O–H groups in total. The summed E-state index contributed by atoms with van der Waals surface area (Å²) in [4.78, 5) is 6.01. The fraction of sp³-hybridized carbons (Fsp3) is 0.360. The van der Waals surface area contributed by atoms with Crippen molar-refractivity contribution in [2.45, 2.75) is 51.6 Å². The van der Waals surface area contributed by atoms with Crippen LogP contribution < -0.4 is 0 Å². The first-order valence-electron chi connectivity index (χ1n) is 10.3. The van der Waals surface area contributed by atoms with Gasteiger partial charge >= 0.3 is 0 Å². The molecule has 2 heteroatoms. The summed E-state index contributed by atoms with van der Waals surface area (Å²) in [5, 5.41) is 0. The van der Waals surface area contributed by atoms with Gasteiger partial charge in [0.15, 0.2) is 0 Å². The van der Waals surface area contributed by atoms with Gasteiger partial charge in [0.2, 0.25) is 0 Å². The molecule has 0 radical (unpaired) electrons. The third kappa shape index (κ3) is 3.26. The number of rotatable bonds is 3. The molecular weight excluding hydrogens is 346 g/mol.